The molecule has 0 aromatic heterocycles. The van der Waals surface area contributed by atoms with E-state index in [0.717, 1.165) is 4.90 Å². The van der Waals surface area contributed by atoms with Crippen LogP contribution in [0, 0.1) is 0 Å². The van der Waals surface area contributed by atoms with Crippen molar-refractivity contribution in [1.29, 1.82) is 0 Å². The van der Waals surface area contributed by atoms with Crippen LogP contribution < -0.4 is 0 Å². The second-order valence-corrected chi connectivity index (χ2v) is 5.61. The molecule has 0 saturated carbocycles. The maximum absolute atomic E-state index is 12.0. The van der Waals surface area contributed by atoms with Crippen molar-refractivity contribution in [3.8, 4) is 0 Å². The largest absolute Gasteiger partial charge is 0.477 e. The van der Waals surface area contributed by atoms with Gasteiger partial charge in [-0.1, -0.05) is 11.7 Å². The van der Waals surface area contributed by atoms with Crippen LogP contribution in [0.25, 0.3) is 10.4 Å². The van der Waals surface area contributed by atoms with Gasteiger partial charge < -0.3 is 9.84 Å². The average Bonchev–Trinajstić information content (AvgIpc) is 2.48. The van der Waals surface area contributed by atoms with Gasteiger partial charge in [-0.2, -0.15) is 0 Å². The number of amides is 1. The summed E-state index contributed by atoms with van der Waals surface area (Å²) in [4.78, 5) is 38.3. The number of carboxylic acid groups (broad SMARTS) is 1. The standard InChI is InChI=1S/C12H12N4O5S/c1-3-7(21-5(2)17)6-4-22-11-8(14-15-13)10(18)16(11)9(6)12(19)20/h3,7-8,11H,1,4H2,2H3,(H,19,20)/t7?,8-,11-/m1/s1. The summed E-state index contributed by atoms with van der Waals surface area (Å²) in [5.74, 6) is -2.27. The Balaban J connectivity index is 2.42. The van der Waals surface area contributed by atoms with Gasteiger partial charge >= 0.3 is 11.9 Å². The van der Waals surface area contributed by atoms with Crippen molar-refractivity contribution in [2.75, 3.05) is 5.75 Å². The highest BCUT2D eigenvalue weighted by Crippen LogP contribution is 2.42. The van der Waals surface area contributed by atoms with Gasteiger partial charge in [-0.3, -0.25) is 14.5 Å². The Kier molecular flexibility index (Phi) is 4.43. The molecule has 1 amide bonds. The first-order valence-corrected chi connectivity index (χ1v) is 7.22. The van der Waals surface area contributed by atoms with Gasteiger partial charge in [-0.05, 0) is 11.6 Å². The zero-order valence-electron chi connectivity index (χ0n) is 11.5. The zero-order valence-corrected chi connectivity index (χ0v) is 12.3. The fourth-order valence-corrected chi connectivity index (χ4v) is 3.67. The second kappa shape index (κ2) is 6.12. The number of ether oxygens (including phenoxy) is 1. The van der Waals surface area contributed by atoms with Crippen molar-refractivity contribution in [2.24, 2.45) is 5.11 Å². The fourth-order valence-electron chi connectivity index (χ4n) is 2.31. The summed E-state index contributed by atoms with van der Waals surface area (Å²) < 4.78 is 5.03. The van der Waals surface area contributed by atoms with E-state index in [-0.39, 0.29) is 17.0 Å². The summed E-state index contributed by atoms with van der Waals surface area (Å²) in [5, 5.41) is 12.2. The fraction of sp³-hybridized carbons (Fsp3) is 0.417. The van der Waals surface area contributed by atoms with Crippen molar-refractivity contribution < 1.29 is 24.2 Å². The minimum Gasteiger partial charge on any atom is -0.477 e. The third-order valence-electron chi connectivity index (χ3n) is 3.20. The lowest BCUT2D eigenvalue weighted by molar-refractivity contribution is -0.148. The molecule has 0 aromatic carbocycles. The number of esters is 1. The number of hydrogen-bond acceptors (Lipinski definition) is 6. The van der Waals surface area contributed by atoms with Gasteiger partial charge in [0.15, 0.2) is 0 Å². The van der Waals surface area contributed by atoms with Crippen molar-refractivity contribution in [3.63, 3.8) is 0 Å². The summed E-state index contributed by atoms with van der Waals surface area (Å²) in [6.45, 7) is 4.72. The molecule has 0 bridgehead atoms. The van der Waals surface area contributed by atoms with Gasteiger partial charge in [0.1, 0.15) is 23.2 Å². The first-order chi connectivity index (χ1) is 10.4. The molecule has 3 atom stereocenters. The van der Waals surface area contributed by atoms with Crippen LogP contribution in [0.5, 0.6) is 0 Å². The number of hydrogen-bond donors (Lipinski definition) is 1. The Bertz CT molecular complexity index is 639. The Hall–Kier alpha value is -2.45. The number of carboxylic acids is 1. The molecule has 1 unspecified atom stereocenters. The van der Waals surface area contributed by atoms with E-state index in [4.69, 9.17) is 10.3 Å². The molecule has 22 heavy (non-hydrogen) atoms. The van der Waals surface area contributed by atoms with Crippen molar-refractivity contribution in [3.05, 3.63) is 34.4 Å². The van der Waals surface area contributed by atoms with Crippen LogP contribution in [0.1, 0.15) is 6.92 Å². The van der Waals surface area contributed by atoms with Crippen LogP contribution in [0.15, 0.2) is 29.0 Å². The Morgan fingerprint density at radius 1 is 1.68 bits per heavy atom. The Morgan fingerprint density at radius 2 is 2.36 bits per heavy atom. The molecule has 10 heteroatoms. The summed E-state index contributed by atoms with van der Waals surface area (Å²) in [6.07, 6.45) is 0.374. The van der Waals surface area contributed by atoms with Crippen molar-refractivity contribution in [2.45, 2.75) is 24.4 Å². The van der Waals surface area contributed by atoms with Gasteiger partial charge in [-0.15, -0.1) is 11.8 Å². The van der Waals surface area contributed by atoms with E-state index in [2.05, 4.69) is 16.6 Å². The molecule has 0 radical (unpaired) electrons. The highest BCUT2D eigenvalue weighted by molar-refractivity contribution is 8.00. The first-order valence-electron chi connectivity index (χ1n) is 6.17. The third-order valence-corrected chi connectivity index (χ3v) is 4.49. The quantitative estimate of drug-likeness (QED) is 0.200. The molecule has 0 spiro atoms. The Morgan fingerprint density at radius 3 is 2.86 bits per heavy atom. The van der Waals surface area contributed by atoms with E-state index in [1.165, 1.54) is 24.8 Å². The van der Waals surface area contributed by atoms with Gasteiger partial charge in [-0.25, -0.2) is 4.79 Å². The van der Waals surface area contributed by atoms with Gasteiger partial charge in [0.25, 0.3) is 0 Å². The molecule has 2 aliphatic heterocycles. The number of carbonyl (C=O) groups is 3. The van der Waals surface area contributed by atoms with E-state index in [1.54, 1.807) is 0 Å². The number of β-lactam (4-membered cyclic amide) rings is 1. The van der Waals surface area contributed by atoms with Crippen molar-refractivity contribution >= 4 is 29.6 Å². The predicted molar refractivity (Wildman–Crippen MR) is 76.4 cm³/mol. The van der Waals surface area contributed by atoms with Crippen LogP contribution in [0.2, 0.25) is 0 Å². The molecule has 0 aromatic rings. The monoisotopic (exact) mass is 324 g/mol. The smallest absolute Gasteiger partial charge is 0.352 e. The van der Waals surface area contributed by atoms with Gasteiger partial charge in [0, 0.05) is 23.2 Å². The maximum Gasteiger partial charge on any atom is 0.352 e. The highest BCUT2D eigenvalue weighted by atomic mass is 32.2. The molecule has 116 valence electrons. The number of azide groups is 1. The lowest BCUT2D eigenvalue weighted by atomic mass is 10.0. The van der Waals surface area contributed by atoms with Crippen LogP contribution in [-0.2, 0) is 19.1 Å². The van der Waals surface area contributed by atoms with Crippen LogP contribution in [-0.4, -0.2) is 51.1 Å². The van der Waals surface area contributed by atoms with Crippen LogP contribution in [0.3, 0.4) is 0 Å². The molecule has 1 N–H and O–H groups in total. The van der Waals surface area contributed by atoms with E-state index in [0.29, 0.717) is 0 Å². The molecule has 2 aliphatic rings. The Labute approximate surface area is 129 Å². The topological polar surface area (TPSA) is 133 Å². The second-order valence-electron chi connectivity index (χ2n) is 4.50. The highest BCUT2D eigenvalue weighted by Gasteiger charge is 2.53. The molecule has 1 saturated heterocycles. The van der Waals surface area contributed by atoms with Gasteiger partial charge in [0.2, 0.25) is 5.91 Å². The molecule has 2 rings (SSSR count). The lowest BCUT2D eigenvalue weighted by Crippen LogP contribution is -2.64. The summed E-state index contributed by atoms with van der Waals surface area (Å²) >= 11 is 1.24. The van der Waals surface area contributed by atoms with Crippen LogP contribution in [0.4, 0.5) is 0 Å². The normalized spacial score (nSPS) is 24.6. The molecule has 0 aliphatic carbocycles. The number of carbonyl (C=O) groups excluding carboxylic acids is 2. The number of rotatable bonds is 5. The minimum atomic E-state index is -1.31. The van der Waals surface area contributed by atoms with E-state index in [9.17, 15) is 19.5 Å². The van der Waals surface area contributed by atoms with Crippen LogP contribution >= 0.6 is 11.8 Å². The SMILES string of the molecule is C=CC(OC(C)=O)C1=C(C(=O)O)N2C(=O)[C@@H](N=[N+]=[N-])[C@H]2SC1. The molecule has 1 fully saturated rings. The molecular weight excluding hydrogens is 312 g/mol. The van der Waals surface area contributed by atoms with E-state index < -0.39 is 35.4 Å². The molecular formula is C12H12N4O5S. The number of thioether (sulfide) groups is 1. The minimum absolute atomic E-state index is 0.220. The van der Waals surface area contributed by atoms with Crippen molar-refractivity contribution in [1.82, 2.24) is 4.90 Å². The summed E-state index contributed by atoms with van der Waals surface area (Å²) in [5.41, 5.74) is 8.47. The van der Waals surface area contributed by atoms with E-state index >= 15 is 0 Å². The third kappa shape index (κ3) is 2.53. The molecule has 2 heterocycles. The number of nitrogens with zero attached hydrogens (tertiary/aromatic N) is 4. The zero-order chi connectivity index (χ0) is 16.4. The first kappa shape index (κ1) is 15.9. The average molecular weight is 324 g/mol. The maximum atomic E-state index is 12.0. The molecule has 9 nitrogen and oxygen atoms in total. The number of fused-ring (bicyclic) bond motifs is 1. The summed E-state index contributed by atoms with van der Waals surface area (Å²) in [6, 6.07) is -0.915. The van der Waals surface area contributed by atoms with E-state index in [1.807, 2.05) is 0 Å². The lowest BCUT2D eigenvalue weighted by Gasteiger charge is -2.48. The number of aliphatic carboxylic acids is 1. The predicted octanol–water partition coefficient (Wildman–Crippen LogP) is 1.04. The van der Waals surface area contributed by atoms with Gasteiger partial charge in [0.05, 0.1) is 0 Å². The summed E-state index contributed by atoms with van der Waals surface area (Å²) in [7, 11) is 0.